The summed E-state index contributed by atoms with van der Waals surface area (Å²) in [6.45, 7) is 1.41. The number of nitrogens with one attached hydrogen (secondary N) is 1. The minimum Gasteiger partial charge on any atom is -0.448 e. The molecule has 1 atom stereocenters. The van der Waals surface area contributed by atoms with Crippen molar-refractivity contribution in [3.63, 3.8) is 0 Å². The minimum atomic E-state index is -1.06. The monoisotopic (exact) mass is 354 g/mol. The van der Waals surface area contributed by atoms with E-state index < -0.39 is 22.9 Å². The molecule has 7 nitrogen and oxygen atoms in total. The number of carbonyl (C=O) groups is 2. The van der Waals surface area contributed by atoms with Gasteiger partial charge in [-0.05, 0) is 37.3 Å². The molecule has 0 aliphatic carbocycles. The van der Waals surface area contributed by atoms with Crippen LogP contribution in [-0.4, -0.2) is 22.9 Å². The summed E-state index contributed by atoms with van der Waals surface area (Å²) in [6, 6.07) is 8.93. The molecule has 1 aromatic carbocycles. The number of hydrogen-bond donors (Lipinski definition) is 1. The number of carbonyl (C=O) groups excluding carboxylic acids is 2. The van der Waals surface area contributed by atoms with Gasteiger partial charge < -0.3 is 10.1 Å². The van der Waals surface area contributed by atoms with Crippen LogP contribution in [0.25, 0.3) is 0 Å². The smallest absolute Gasteiger partial charge is 0.349 e. The number of amides is 1. The van der Waals surface area contributed by atoms with Crippen LogP contribution in [0.1, 0.15) is 16.6 Å². The van der Waals surface area contributed by atoms with E-state index in [4.69, 9.17) is 16.3 Å². The van der Waals surface area contributed by atoms with Gasteiger partial charge in [-0.2, -0.15) is 0 Å². The predicted molar refractivity (Wildman–Crippen MR) is 85.9 cm³/mol. The molecule has 2 rings (SSSR count). The quantitative estimate of drug-likeness (QED) is 0.503. The van der Waals surface area contributed by atoms with Gasteiger partial charge in [0, 0.05) is 16.8 Å². The first-order valence-corrected chi connectivity index (χ1v) is 7.58. The topological polar surface area (TPSA) is 98.5 Å². The standard InChI is InChI=1S/C14H11ClN2O5S/c1-8(13(18)16-10-4-2-9(15)3-5-10)22-14(19)11-6-7-12(23-11)17(20)21/h2-8H,1H3,(H,16,18)/t8-/m0/s1. The first-order chi connectivity index (χ1) is 10.9. The third kappa shape index (κ3) is 4.51. The number of nitrogens with zero attached hydrogens (tertiary/aromatic N) is 1. The molecule has 1 heterocycles. The van der Waals surface area contributed by atoms with E-state index in [9.17, 15) is 19.7 Å². The molecule has 9 heteroatoms. The van der Waals surface area contributed by atoms with E-state index in [0.29, 0.717) is 22.0 Å². The van der Waals surface area contributed by atoms with Gasteiger partial charge in [-0.3, -0.25) is 14.9 Å². The number of thiophene rings is 1. The summed E-state index contributed by atoms with van der Waals surface area (Å²) in [7, 11) is 0. The zero-order chi connectivity index (χ0) is 17.0. The maximum atomic E-state index is 12.0. The van der Waals surface area contributed by atoms with E-state index in [1.165, 1.54) is 19.1 Å². The Balaban J connectivity index is 1.95. The van der Waals surface area contributed by atoms with Crippen LogP contribution in [0.4, 0.5) is 10.7 Å². The molecule has 0 saturated carbocycles. The summed E-state index contributed by atoms with van der Waals surface area (Å²) in [5, 5.41) is 13.5. The van der Waals surface area contributed by atoms with E-state index in [1.807, 2.05) is 0 Å². The number of benzene rings is 1. The number of esters is 1. The van der Waals surface area contributed by atoms with Gasteiger partial charge in [0.15, 0.2) is 6.10 Å². The first kappa shape index (κ1) is 16.9. The van der Waals surface area contributed by atoms with E-state index in [-0.39, 0.29) is 9.88 Å². The Morgan fingerprint density at radius 3 is 2.48 bits per heavy atom. The average molecular weight is 355 g/mol. The van der Waals surface area contributed by atoms with Gasteiger partial charge in [-0.25, -0.2) is 4.79 Å². The van der Waals surface area contributed by atoms with Crippen molar-refractivity contribution in [1.82, 2.24) is 0 Å². The number of ether oxygens (including phenoxy) is 1. The lowest BCUT2D eigenvalue weighted by molar-refractivity contribution is -0.380. The highest BCUT2D eigenvalue weighted by Crippen LogP contribution is 2.24. The highest BCUT2D eigenvalue weighted by molar-refractivity contribution is 7.17. The molecule has 0 spiro atoms. The second-order valence-corrected chi connectivity index (χ2v) is 5.94. The lowest BCUT2D eigenvalue weighted by Crippen LogP contribution is -2.29. The predicted octanol–water partition coefficient (Wildman–Crippen LogP) is 3.49. The summed E-state index contributed by atoms with van der Waals surface area (Å²) in [4.78, 5) is 33.9. The molecule has 1 aromatic heterocycles. The van der Waals surface area contributed by atoms with Crippen molar-refractivity contribution in [2.75, 3.05) is 5.32 Å². The summed E-state index contributed by atoms with van der Waals surface area (Å²) < 4.78 is 5.00. The number of anilines is 1. The van der Waals surface area contributed by atoms with E-state index in [1.54, 1.807) is 24.3 Å². The Kier molecular flexibility index (Phi) is 5.30. The summed E-state index contributed by atoms with van der Waals surface area (Å²) >= 11 is 6.43. The van der Waals surface area contributed by atoms with Crippen LogP contribution in [0.3, 0.4) is 0 Å². The van der Waals surface area contributed by atoms with Crippen molar-refractivity contribution in [2.45, 2.75) is 13.0 Å². The molecular weight excluding hydrogens is 344 g/mol. The van der Waals surface area contributed by atoms with Crippen LogP contribution in [0.5, 0.6) is 0 Å². The Morgan fingerprint density at radius 2 is 1.91 bits per heavy atom. The molecule has 120 valence electrons. The maximum absolute atomic E-state index is 12.0. The Bertz CT molecular complexity index is 744. The molecule has 0 fully saturated rings. The molecule has 0 saturated heterocycles. The Labute approximate surface area is 140 Å². The lowest BCUT2D eigenvalue weighted by Gasteiger charge is -2.12. The molecule has 0 aliphatic rings. The first-order valence-electron chi connectivity index (χ1n) is 6.38. The largest absolute Gasteiger partial charge is 0.448 e. The van der Waals surface area contributed by atoms with Crippen molar-refractivity contribution in [3.05, 3.63) is 56.4 Å². The Morgan fingerprint density at radius 1 is 1.26 bits per heavy atom. The molecule has 0 aliphatic heterocycles. The molecule has 1 N–H and O–H groups in total. The van der Waals surface area contributed by atoms with Crippen molar-refractivity contribution in [1.29, 1.82) is 0 Å². The summed E-state index contributed by atoms with van der Waals surface area (Å²) in [5.41, 5.74) is 0.508. The van der Waals surface area contributed by atoms with Gasteiger partial charge in [0.1, 0.15) is 4.88 Å². The number of halogens is 1. The van der Waals surface area contributed by atoms with E-state index in [2.05, 4.69) is 5.32 Å². The maximum Gasteiger partial charge on any atom is 0.349 e. The van der Waals surface area contributed by atoms with Gasteiger partial charge in [0.2, 0.25) is 0 Å². The van der Waals surface area contributed by atoms with Crippen LogP contribution in [0.2, 0.25) is 5.02 Å². The van der Waals surface area contributed by atoms with Gasteiger partial charge in [-0.15, -0.1) is 0 Å². The van der Waals surface area contributed by atoms with Crippen LogP contribution >= 0.6 is 22.9 Å². The molecule has 23 heavy (non-hydrogen) atoms. The molecule has 0 unspecified atom stereocenters. The fourth-order valence-electron chi connectivity index (χ4n) is 1.58. The van der Waals surface area contributed by atoms with Gasteiger partial charge >= 0.3 is 11.0 Å². The molecule has 2 aromatic rings. The zero-order valence-corrected chi connectivity index (χ0v) is 13.4. The minimum absolute atomic E-state index is 0.0582. The Hall–Kier alpha value is -2.45. The fraction of sp³-hybridized carbons (Fsp3) is 0.143. The van der Waals surface area contributed by atoms with E-state index >= 15 is 0 Å². The van der Waals surface area contributed by atoms with Crippen LogP contribution in [-0.2, 0) is 9.53 Å². The highest BCUT2D eigenvalue weighted by Gasteiger charge is 2.22. The second-order valence-electron chi connectivity index (χ2n) is 4.44. The van der Waals surface area contributed by atoms with Crippen LogP contribution < -0.4 is 5.32 Å². The lowest BCUT2D eigenvalue weighted by atomic mass is 10.3. The molecule has 1 amide bonds. The zero-order valence-electron chi connectivity index (χ0n) is 11.8. The second kappa shape index (κ2) is 7.21. The van der Waals surface area contributed by atoms with Crippen molar-refractivity contribution in [3.8, 4) is 0 Å². The third-order valence-corrected chi connectivity index (χ3v) is 4.01. The van der Waals surface area contributed by atoms with Crippen molar-refractivity contribution >= 4 is 45.5 Å². The fourth-order valence-corrected chi connectivity index (χ4v) is 2.41. The number of hydrogen-bond acceptors (Lipinski definition) is 6. The van der Waals surface area contributed by atoms with Gasteiger partial charge in [0.05, 0.1) is 4.92 Å². The summed E-state index contributed by atoms with van der Waals surface area (Å²) in [6.07, 6.45) is -1.06. The van der Waals surface area contributed by atoms with Crippen LogP contribution in [0, 0.1) is 10.1 Å². The van der Waals surface area contributed by atoms with Gasteiger partial charge in [0.25, 0.3) is 5.91 Å². The molecule has 0 radical (unpaired) electrons. The number of nitro groups is 1. The van der Waals surface area contributed by atoms with Crippen molar-refractivity contribution in [2.24, 2.45) is 0 Å². The third-order valence-electron chi connectivity index (χ3n) is 2.74. The van der Waals surface area contributed by atoms with Crippen molar-refractivity contribution < 1.29 is 19.2 Å². The highest BCUT2D eigenvalue weighted by atomic mass is 35.5. The van der Waals surface area contributed by atoms with Gasteiger partial charge in [-0.1, -0.05) is 22.9 Å². The molecule has 0 bridgehead atoms. The van der Waals surface area contributed by atoms with Crippen LogP contribution in [0.15, 0.2) is 36.4 Å². The van der Waals surface area contributed by atoms with E-state index in [0.717, 1.165) is 0 Å². The SMILES string of the molecule is C[C@H](OC(=O)c1ccc([N+](=O)[O-])s1)C(=O)Nc1ccc(Cl)cc1. The molecular formula is C14H11ClN2O5S. The average Bonchev–Trinajstić information content (AvgIpc) is 2.99. The normalized spacial score (nSPS) is 11.6. The number of rotatable bonds is 5. The summed E-state index contributed by atoms with van der Waals surface area (Å²) in [5.74, 6) is -1.31.